The average molecular weight is 296 g/mol. The Morgan fingerprint density at radius 1 is 1.14 bits per heavy atom. The fraction of sp³-hybridized carbons (Fsp3) is 0.222. The van der Waals surface area contributed by atoms with E-state index in [1.54, 1.807) is 18.2 Å². The first-order valence-corrected chi connectivity index (χ1v) is 7.45. The Bertz CT molecular complexity index is 793. The molecule has 0 saturated heterocycles. The minimum atomic E-state index is 0.157. The van der Waals surface area contributed by atoms with E-state index in [2.05, 4.69) is 29.7 Å². The summed E-state index contributed by atoms with van der Waals surface area (Å²) < 4.78 is 7.99. The van der Waals surface area contributed by atoms with Crippen LogP contribution in [0.3, 0.4) is 0 Å². The highest BCUT2D eigenvalue weighted by molar-refractivity contribution is 5.84. The number of hydrogen-bond donors (Lipinski definition) is 2. The lowest BCUT2D eigenvalue weighted by Gasteiger charge is -2.12. The van der Waals surface area contributed by atoms with E-state index in [9.17, 15) is 5.11 Å². The Balaban J connectivity index is 1.96. The Labute approximate surface area is 129 Å². The lowest BCUT2D eigenvalue weighted by Crippen LogP contribution is -2.07. The molecule has 0 atom stereocenters. The van der Waals surface area contributed by atoms with Gasteiger partial charge in [-0.3, -0.25) is 0 Å². The van der Waals surface area contributed by atoms with Gasteiger partial charge in [-0.1, -0.05) is 30.3 Å². The van der Waals surface area contributed by atoms with Crippen molar-refractivity contribution in [3.8, 4) is 11.5 Å². The number of nitrogens with zero attached hydrogens (tertiary/aromatic N) is 1. The molecule has 4 heteroatoms. The van der Waals surface area contributed by atoms with Crippen LogP contribution in [-0.4, -0.2) is 9.67 Å². The van der Waals surface area contributed by atoms with Crippen molar-refractivity contribution in [1.82, 2.24) is 4.57 Å². The standard InChI is InChI=1S/C18H20N2O2/c1-2-20-15(12-22-17-9-4-3-8-16(17)21)10-13-6-5-7-14(11-19)18(13)20/h3-10,21H,2,11-12,19H2,1H3. The Morgan fingerprint density at radius 3 is 2.68 bits per heavy atom. The molecule has 1 heterocycles. The Kier molecular flexibility index (Phi) is 4.02. The normalized spacial score (nSPS) is 11.0. The van der Waals surface area contributed by atoms with Gasteiger partial charge in [-0.15, -0.1) is 0 Å². The first kappa shape index (κ1) is 14.5. The van der Waals surface area contributed by atoms with Crippen molar-refractivity contribution in [3.63, 3.8) is 0 Å². The molecule has 0 aliphatic carbocycles. The molecule has 114 valence electrons. The lowest BCUT2D eigenvalue weighted by molar-refractivity contribution is 0.280. The van der Waals surface area contributed by atoms with Gasteiger partial charge in [0.15, 0.2) is 11.5 Å². The van der Waals surface area contributed by atoms with Crippen molar-refractivity contribution in [1.29, 1.82) is 0 Å². The lowest BCUT2D eigenvalue weighted by atomic mass is 10.1. The number of nitrogens with two attached hydrogens (primary N) is 1. The van der Waals surface area contributed by atoms with Gasteiger partial charge in [-0.05, 0) is 30.7 Å². The third-order valence-electron chi connectivity index (χ3n) is 3.87. The number of aromatic hydroxyl groups is 1. The number of rotatable bonds is 5. The van der Waals surface area contributed by atoms with Crippen LogP contribution in [0.2, 0.25) is 0 Å². The summed E-state index contributed by atoms with van der Waals surface area (Å²) in [5.41, 5.74) is 9.23. The van der Waals surface area contributed by atoms with E-state index in [4.69, 9.17) is 10.5 Å². The molecule has 0 fully saturated rings. The highest BCUT2D eigenvalue weighted by Crippen LogP contribution is 2.28. The van der Waals surface area contributed by atoms with Gasteiger partial charge < -0.3 is 20.1 Å². The van der Waals surface area contributed by atoms with Crippen LogP contribution in [0.1, 0.15) is 18.2 Å². The molecule has 2 aromatic carbocycles. The number of para-hydroxylation sites is 3. The maximum atomic E-state index is 9.79. The Morgan fingerprint density at radius 2 is 1.95 bits per heavy atom. The fourth-order valence-corrected chi connectivity index (χ4v) is 2.83. The molecule has 0 aliphatic rings. The summed E-state index contributed by atoms with van der Waals surface area (Å²) in [6, 6.07) is 15.3. The van der Waals surface area contributed by atoms with Gasteiger partial charge in [0.25, 0.3) is 0 Å². The third kappa shape index (κ3) is 2.53. The summed E-state index contributed by atoms with van der Waals surface area (Å²) in [6.07, 6.45) is 0. The summed E-state index contributed by atoms with van der Waals surface area (Å²) in [5.74, 6) is 0.652. The zero-order valence-electron chi connectivity index (χ0n) is 12.6. The predicted molar refractivity (Wildman–Crippen MR) is 87.9 cm³/mol. The zero-order valence-corrected chi connectivity index (χ0v) is 12.6. The van der Waals surface area contributed by atoms with E-state index in [-0.39, 0.29) is 5.75 Å². The maximum absolute atomic E-state index is 9.79. The summed E-state index contributed by atoms with van der Waals surface area (Å²) >= 11 is 0. The van der Waals surface area contributed by atoms with E-state index in [0.29, 0.717) is 18.9 Å². The Hall–Kier alpha value is -2.46. The van der Waals surface area contributed by atoms with Gasteiger partial charge in [-0.2, -0.15) is 0 Å². The van der Waals surface area contributed by atoms with Crippen LogP contribution in [0.4, 0.5) is 0 Å². The minimum Gasteiger partial charge on any atom is -0.504 e. The number of aromatic nitrogens is 1. The minimum absolute atomic E-state index is 0.157. The first-order valence-electron chi connectivity index (χ1n) is 7.45. The van der Waals surface area contributed by atoms with Gasteiger partial charge in [0.2, 0.25) is 0 Å². The van der Waals surface area contributed by atoms with Crippen LogP contribution in [0.5, 0.6) is 11.5 Å². The molecule has 22 heavy (non-hydrogen) atoms. The highest BCUT2D eigenvalue weighted by Gasteiger charge is 2.11. The summed E-state index contributed by atoms with van der Waals surface area (Å²) in [6.45, 7) is 3.88. The van der Waals surface area contributed by atoms with Crippen molar-refractivity contribution in [3.05, 3.63) is 59.8 Å². The molecule has 4 nitrogen and oxygen atoms in total. The fourth-order valence-electron chi connectivity index (χ4n) is 2.83. The predicted octanol–water partition coefficient (Wildman–Crippen LogP) is 3.40. The smallest absolute Gasteiger partial charge is 0.161 e. The van der Waals surface area contributed by atoms with Crippen molar-refractivity contribution in [2.45, 2.75) is 26.6 Å². The van der Waals surface area contributed by atoms with Gasteiger partial charge in [0, 0.05) is 18.5 Å². The molecule has 0 bridgehead atoms. The monoisotopic (exact) mass is 296 g/mol. The largest absolute Gasteiger partial charge is 0.504 e. The summed E-state index contributed by atoms with van der Waals surface area (Å²) in [4.78, 5) is 0. The quantitative estimate of drug-likeness (QED) is 0.758. The second-order valence-electron chi connectivity index (χ2n) is 5.20. The molecule has 3 N–H and O–H groups in total. The van der Waals surface area contributed by atoms with Gasteiger partial charge in [0.05, 0.1) is 11.2 Å². The second-order valence-corrected chi connectivity index (χ2v) is 5.20. The SMILES string of the molecule is CCn1c(COc2ccccc2O)cc2cccc(CN)c21. The third-order valence-corrected chi connectivity index (χ3v) is 3.87. The molecular weight excluding hydrogens is 276 g/mol. The molecule has 0 radical (unpaired) electrons. The summed E-state index contributed by atoms with van der Waals surface area (Å²) in [5, 5.41) is 11.0. The van der Waals surface area contributed by atoms with E-state index in [0.717, 1.165) is 17.8 Å². The van der Waals surface area contributed by atoms with Crippen LogP contribution >= 0.6 is 0 Å². The number of aryl methyl sites for hydroxylation is 1. The van der Waals surface area contributed by atoms with Crippen LogP contribution in [-0.2, 0) is 19.7 Å². The molecular formula is C18H20N2O2. The molecule has 0 spiro atoms. The average Bonchev–Trinajstić information content (AvgIpc) is 2.91. The van der Waals surface area contributed by atoms with Crippen LogP contribution in [0.15, 0.2) is 48.5 Å². The van der Waals surface area contributed by atoms with E-state index < -0.39 is 0 Å². The van der Waals surface area contributed by atoms with Crippen molar-refractivity contribution >= 4 is 10.9 Å². The van der Waals surface area contributed by atoms with Crippen molar-refractivity contribution in [2.75, 3.05) is 0 Å². The number of benzene rings is 2. The molecule has 0 saturated carbocycles. The molecule has 0 aliphatic heterocycles. The van der Waals surface area contributed by atoms with Gasteiger partial charge in [0.1, 0.15) is 6.61 Å². The van der Waals surface area contributed by atoms with Crippen LogP contribution in [0.25, 0.3) is 10.9 Å². The number of ether oxygens (including phenoxy) is 1. The zero-order chi connectivity index (χ0) is 15.5. The van der Waals surface area contributed by atoms with Gasteiger partial charge in [-0.25, -0.2) is 0 Å². The molecule has 1 aromatic heterocycles. The number of fused-ring (bicyclic) bond motifs is 1. The van der Waals surface area contributed by atoms with Crippen LogP contribution in [0, 0.1) is 0 Å². The summed E-state index contributed by atoms with van der Waals surface area (Å²) in [7, 11) is 0. The van der Waals surface area contributed by atoms with Gasteiger partial charge >= 0.3 is 0 Å². The number of phenolic OH excluding ortho intramolecular Hbond substituents is 1. The van der Waals surface area contributed by atoms with E-state index >= 15 is 0 Å². The first-order chi connectivity index (χ1) is 10.7. The second kappa shape index (κ2) is 6.12. The van der Waals surface area contributed by atoms with Crippen molar-refractivity contribution in [2.24, 2.45) is 5.73 Å². The van der Waals surface area contributed by atoms with Crippen LogP contribution < -0.4 is 10.5 Å². The maximum Gasteiger partial charge on any atom is 0.161 e. The van der Waals surface area contributed by atoms with Crippen molar-refractivity contribution < 1.29 is 9.84 Å². The van der Waals surface area contributed by atoms with E-state index in [1.165, 1.54) is 10.9 Å². The molecule has 3 rings (SSSR count). The van der Waals surface area contributed by atoms with E-state index in [1.807, 2.05) is 12.1 Å². The number of phenols is 1. The molecule has 0 unspecified atom stereocenters. The number of hydrogen-bond acceptors (Lipinski definition) is 3. The highest BCUT2D eigenvalue weighted by atomic mass is 16.5. The molecule has 0 amide bonds. The topological polar surface area (TPSA) is 60.4 Å². The molecule has 3 aromatic rings.